The zero-order chi connectivity index (χ0) is 13.2. The number of carbonyl (C=O) groups is 1. The quantitative estimate of drug-likeness (QED) is 0.776. The molecular weight excluding hydrogens is 245 g/mol. The van der Waals surface area contributed by atoms with Gasteiger partial charge in [0.25, 0.3) is 5.78 Å². The van der Waals surface area contributed by atoms with Gasteiger partial charge < -0.3 is 9.47 Å². The van der Waals surface area contributed by atoms with Crippen molar-refractivity contribution < 1.29 is 18.0 Å². The van der Waals surface area contributed by atoms with Crippen LogP contribution in [-0.2, 0) is 6.54 Å². The van der Waals surface area contributed by atoms with Crippen LogP contribution in [0.2, 0.25) is 0 Å². The van der Waals surface area contributed by atoms with Gasteiger partial charge in [0.1, 0.15) is 0 Å². The van der Waals surface area contributed by atoms with Crippen LogP contribution < -0.4 is 0 Å². The SMILES string of the molecule is O=C(c1ccn(CCN2CCCC2)c1)C(F)(F)F. The van der Waals surface area contributed by atoms with Gasteiger partial charge in [-0.2, -0.15) is 13.2 Å². The summed E-state index contributed by atoms with van der Waals surface area (Å²) in [4.78, 5) is 13.3. The predicted molar refractivity (Wildman–Crippen MR) is 60.5 cm³/mol. The van der Waals surface area contributed by atoms with Crippen LogP contribution in [0.3, 0.4) is 0 Å². The Kier molecular flexibility index (Phi) is 3.75. The van der Waals surface area contributed by atoms with Gasteiger partial charge >= 0.3 is 6.18 Å². The number of likely N-dealkylation sites (tertiary alicyclic amines) is 1. The van der Waals surface area contributed by atoms with Crippen molar-refractivity contribution in [2.75, 3.05) is 19.6 Å². The monoisotopic (exact) mass is 260 g/mol. The van der Waals surface area contributed by atoms with Crippen molar-refractivity contribution in [1.29, 1.82) is 0 Å². The number of hydrogen-bond acceptors (Lipinski definition) is 2. The molecule has 0 aliphatic carbocycles. The van der Waals surface area contributed by atoms with Crippen LogP contribution in [0, 0.1) is 0 Å². The van der Waals surface area contributed by atoms with E-state index in [9.17, 15) is 18.0 Å². The van der Waals surface area contributed by atoms with Crippen LogP contribution >= 0.6 is 0 Å². The van der Waals surface area contributed by atoms with Gasteiger partial charge in [0.15, 0.2) is 0 Å². The number of nitrogens with zero attached hydrogens (tertiary/aromatic N) is 2. The topological polar surface area (TPSA) is 25.2 Å². The summed E-state index contributed by atoms with van der Waals surface area (Å²) in [6.07, 6.45) is 0.370. The van der Waals surface area contributed by atoms with E-state index in [1.807, 2.05) is 0 Å². The first-order valence-electron chi connectivity index (χ1n) is 5.96. The Morgan fingerprint density at radius 3 is 2.50 bits per heavy atom. The van der Waals surface area contributed by atoms with Gasteiger partial charge in [-0.1, -0.05) is 0 Å². The standard InChI is InChI=1S/C12H15F3N2O/c13-12(14,15)11(18)10-3-6-17(9-10)8-7-16-4-1-2-5-16/h3,6,9H,1-2,4-5,7-8H2. The van der Waals surface area contributed by atoms with Crippen molar-refractivity contribution in [1.82, 2.24) is 9.47 Å². The van der Waals surface area contributed by atoms with Crippen molar-refractivity contribution in [2.45, 2.75) is 25.6 Å². The van der Waals surface area contributed by atoms with E-state index in [0.29, 0.717) is 6.54 Å². The lowest BCUT2D eigenvalue weighted by molar-refractivity contribution is -0.0885. The highest BCUT2D eigenvalue weighted by atomic mass is 19.4. The Morgan fingerprint density at radius 1 is 1.22 bits per heavy atom. The smallest absolute Gasteiger partial charge is 0.352 e. The average Bonchev–Trinajstić information content (AvgIpc) is 2.95. The van der Waals surface area contributed by atoms with E-state index in [4.69, 9.17) is 0 Å². The highest BCUT2D eigenvalue weighted by Crippen LogP contribution is 2.21. The summed E-state index contributed by atoms with van der Waals surface area (Å²) in [7, 11) is 0. The Hall–Kier alpha value is -1.30. The second-order valence-corrected chi connectivity index (χ2v) is 4.51. The molecule has 1 fully saturated rings. The highest BCUT2D eigenvalue weighted by molar-refractivity contribution is 6.00. The van der Waals surface area contributed by atoms with E-state index in [2.05, 4.69) is 4.90 Å². The summed E-state index contributed by atoms with van der Waals surface area (Å²) in [6, 6.07) is 1.22. The molecule has 2 heterocycles. The largest absolute Gasteiger partial charge is 0.454 e. The van der Waals surface area contributed by atoms with E-state index in [-0.39, 0.29) is 5.56 Å². The summed E-state index contributed by atoms with van der Waals surface area (Å²) in [6.45, 7) is 3.53. The molecule has 1 saturated heterocycles. The molecule has 0 unspecified atom stereocenters. The minimum atomic E-state index is -4.79. The lowest BCUT2D eigenvalue weighted by Gasteiger charge is -2.14. The third kappa shape index (κ3) is 3.13. The zero-order valence-electron chi connectivity index (χ0n) is 9.91. The number of carbonyl (C=O) groups excluding carboxylic acids is 1. The molecule has 100 valence electrons. The second kappa shape index (κ2) is 5.14. The van der Waals surface area contributed by atoms with E-state index >= 15 is 0 Å². The van der Waals surface area contributed by atoms with Crippen LogP contribution in [0.5, 0.6) is 0 Å². The van der Waals surface area contributed by atoms with Gasteiger partial charge in [0.05, 0.1) is 0 Å². The second-order valence-electron chi connectivity index (χ2n) is 4.51. The molecule has 0 aromatic carbocycles. The maximum absolute atomic E-state index is 12.2. The van der Waals surface area contributed by atoms with Crippen molar-refractivity contribution in [3.05, 3.63) is 24.0 Å². The molecule has 0 atom stereocenters. The molecule has 1 aromatic rings. The number of Topliss-reactive ketones (excluding diaryl/α,β-unsaturated/α-hetero) is 1. The summed E-state index contributed by atoms with van der Waals surface area (Å²) in [5.74, 6) is -1.78. The molecule has 0 N–H and O–H groups in total. The fourth-order valence-corrected chi connectivity index (χ4v) is 2.14. The van der Waals surface area contributed by atoms with Crippen LogP contribution in [0.1, 0.15) is 23.2 Å². The van der Waals surface area contributed by atoms with E-state index in [1.54, 1.807) is 4.57 Å². The Labute approximate surface area is 103 Å². The van der Waals surface area contributed by atoms with Crippen LogP contribution in [0.25, 0.3) is 0 Å². The normalized spacial score (nSPS) is 17.3. The fourth-order valence-electron chi connectivity index (χ4n) is 2.14. The maximum atomic E-state index is 12.2. The Morgan fingerprint density at radius 2 is 1.89 bits per heavy atom. The molecule has 0 saturated carbocycles. The third-order valence-corrected chi connectivity index (χ3v) is 3.14. The first-order chi connectivity index (χ1) is 8.47. The van der Waals surface area contributed by atoms with Crippen LogP contribution in [0.15, 0.2) is 18.5 Å². The molecule has 0 amide bonds. The van der Waals surface area contributed by atoms with Gasteiger partial charge in [-0.25, -0.2) is 0 Å². The summed E-state index contributed by atoms with van der Waals surface area (Å²) in [5.41, 5.74) is -0.288. The Balaban J connectivity index is 1.91. The van der Waals surface area contributed by atoms with Gasteiger partial charge in [-0.3, -0.25) is 4.79 Å². The molecule has 1 aliphatic heterocycles. The van der Waals surface area contributed by atoms with Crippen LogP contribution in [0.4, 0.5) is 13.2 Å². The number of halogens is 3. The number of alkyl halides is 3. The van der Waals surface area contributed by atoms with Crippen molar-refractivity contribution in [3.63, 3.8) is 0 Å². The van der Waals surface area contributed by atoms with Gasteiger partial charge in [0.2, 0.25) is 0 Å². The van der Waals surface area contributed by atoms with Crippen molar-refractivity contribution in [2.24, 2.45) is 0 Å². The van der Waals surface area contributed by atoms with Crippen molar-refractivity contribution in [3.8, 4) is 0 Å². The summed E-state index contributed by atoms with van der Waals surface area (Å²) >= 11 is 0. The number of rotatable bonds is 4. The molecule has 3 nitrogen and oxygen atoms in total. The third-order valence-electron chi connectivity index (χ3n) is 3.14. The van der Waals surface area contributed by atoms with Gasteiger partial charge in [0, 0.05) is 31.0 Å². The van der Waals surface area contributed by atoms with E-state index in [1.165, 1.54) is 31.3 Å². The number of aromatic nitrogens is 1. The lowest BCUT2D eigenvalue weighted by Crippen LogP contribution is -2.24. The predicted octanol–water partition coefficient (Wildman–Crippen LogP) is 2.33. The molecule has 0 bridgehead atoms. The first-order valence-corrected chi connectivity index (χ1v) is 5.96. The number of hydrogen-bond donors (Lipinski definition) is 0. The summed E-state index contributed by atoms with van der Waals surface area (Å²) in [5, 5.41) is 0. The number of ketones is 1. The molecule has 0 spiro atoms. The molecule has 1 aliphatic rings. The fraction of sp³-hybridized carbons (Fsp3) is 0.583. The molecule has 2 rings (SSSR count). The summed E-state index contributed by atoms with van der Waals surface area (Å²) < 4.78 is 38.3. The van der Waals surface area contributed by atoms with Gasteiger partial charge in [-0.15, -0.1) is 0 Å². The lowest BCUT2D eigenvalue weighted by atomic mass is 10.2. The van der Waals surface area contributed by atoms with Crippen molar-refractivity contribution >= 4 is 5.78 Å². The van der Waals surface area contributed by atoms with Gasteiger partial charge in [-0.05, 0) is 32.0 Å². The average molecular weight is 260 g/mol. The first kappa shape index (κ1) is 13.1. The van der Waals surface area contributed by atoms with Crippen LogP contribution in [-0.4, -0.2) is 41.1 Å². The minimum absolute atomic E-state index is 0.288. The molecule has 18 heavy (non-hydrogen) atoms. The van der Waals surface area contributed by atoms with E-state index < -0.39 is 12.0 Å². The highest BCUT2D eigenvalue weighted by Gasteiger charge is 2.39. The van der Waals surface area contributed by atoms with E-state index in [0.717, 1.165) is 19.6 Å². The molecule has 6 heteroatoms. The molecular formula is C12H15F3N2O. The molecule has 0 radical (unpaired) electrons. The minimum Gasteiger partial charge on any atom is -0.352 e. The Bertz CT molecular complexity index is 419. The molecule has 1 aromatic heterocycles. The zero-order valence-corrected chi connectivity index (χ0v) is 9.91. The maximum Gasteiger partial charge on any atom is 0.454 e.